The summed E-state index contributed by atoms with van der Waals surface area (Å²) in [4.78, 5) is 11.8. The number of ether oxygens (including phenoxy) is 4. The molecule has 0 fully saturated rings. The molecule has 0 unspecified atom stereocenters. The first kappa shape index (κ1) is 31.6. The Labute approximate surface area is 253 Å². The van der Waals surface area contributed by atoms with E-state index in [-0.39, 0.29) is 37.1 Å². The van der Waals surface area contributed by atoms with Crippen molar-refractivity contribution in [1.82, 2.24) is 0 Å². The molecule has 44 heavy (non-hydrogen) atoms. The van der Waals surface area contributed by atoms with Gasteiger partial charge in [0.15, 0.2) is 0 Å². The second-order valence-corrected chi connectivity index (χ2v) is 12.2. The quantitative estimate of drug-likeness (QED) is 0.196. The fourth-order valence-corrected chi connectivity index (χ4v) is 6.09. The zero-order valence-electron chi connectivity index (χ0n) is 25.4. The zero-order valence-corrected chi connectivity index (χ0v) is 25.4. The maximum absolute atomic E-state index is 15.7. The van der Waals surface area contributed by atoms with Gasteiger partial charge in [0.25, 0.3) is 0 Å². The Kier molecular flexibility index (Phi) is 8.59. The molecule has 236 valence electrons. The Hall–Kier alpha value is -3.79. The van der Waals surface area contributed by atoms with E-state index in [1.54, 1.807) is 58.0 Å². The summed E-state index contributed by atoms with van der Waals surface area (Å²) >= 11 is 0. The fraction of sp³-hybridized carbons (Fsp3) is 0.441. The molecule has 0 saturated heterocycles. The molecule has 0 bridgehead atoms. The molecule has 1 heterocycles. The Morgan fingerprint density at radius 2 is 1.77 bits per heavy atom. The van der Waals surface area contributed by atoms with E-state index < -0.39 is 29.3 Å². The molecule has 0 radical (unpaired) electrons. The van der Waals surface area contributed by atoms with Gasteiger partial charge >= 0.3 is 12.1 Å². The van der Waals surface area contributed by atoms with Gasteiger partial charge in [-0.3, -0.25) is 4.79 Å². The van der Waals surface area contributed by atoms with Crippen LogP contribution in [0, 0.1) is 19.7 Å². The van der Waals surface area contributed by atoms with Crippen molar-refractivity contribution >= 4 is 5.97 Å². The number of hydrogen-bond donors (Lipinski definition) is 1. The van der Waals surface area contributed by atoms with Crippen molar-refractivity contribution < 1.29 is 46.4 Å². The third-order valence-corrected chi connectivity index (χ3v) is 8.24. The highest BCUT2D eigenvalue weighted by molar-refractivity contribution is 5.77. The minimum atomic E-state index is -4.92. The summed E-state index contributed by atoms with van der Waals surface area (Å²) < 4.78 is 80.8. The van der Waals surface area contributed by atoms with Gasteiger partial charge in [-0.2, -0.15) is 13.2 Å². The Morgan fingerprint density at radius 1 is 1.07 bits per heavy atom. The van der Waals surface area contributed by atoms with Gasteiger partial charge in [0.2, 0.25) is 0 Å². The van der Waals surface area contributed by atoms with Gasteiger partial charge in [-0.1, -0.05) is 6.07 Å². The molecule has 0 aromatic heterocycles. The summed E-state index contributed by atoms with van der Waals surface area (Å²) in [5, 5.41) is 9.97. The molecule has 5 rings (SSSR count). The summed E-state index contributed by atoms with van der Waals surface area (Å²) in [5.41, 5.74) is 1.24. The first-order valence-corrected chi connectivity index (χ1v) is 14.6. The second kappa shape index (κ2) is 12.0. The number of carbonyl (C=O) groups is 1. The molecule has 6 nitrogen and oxygen atoms in total. The predicted octanol–water partition coefficient (Wildman–Crippen LogP) is 7.77. The van der Waals surface area contributed by atoms with Crippen LogP contribution in [0.25, 0.3) is 11.1 Å². The lowest BCUT2D eigenvalue weighted by Crippen LogP contribution is -2.21. The Bertz CT molecular complexity index is 1550. The first-order valence-electron chi connectivity index (χ1n) is 14.6. The smallest absolute Gasteiger partial charge is 0.419 e. The molecule has 3 aromatic carbocycles. The largest absolute Gasteiger partial charge is 0.493 e. The number of fused-ring (bicyclic) bond motifs is 2. The highest BCUT2D eigenvalue weighted by Crippen LogP contribution is 2.48. The molecule has 1 N–H and O–H groups in total. The van der Waals surface area contributed by atoms with Gasteiger partial charge in [-0.05, 0) is 92.6 Å². The minimum absolute atomic E-state index is 0.0934. The summed E-state index contributed by atoms with van der Waals surface area (Å²) in [6.45, 7) is 7.49. The lowest BCUT2D eigenvalue weighted by Gasteiger charge is -2.22. The van der Waals surface area contributed by atoms with Crippen molar-refractivity contribution in [1.29, 1.82) is 0 Å². The third-order valence-electron chi connectivity index (χ3n) is 8.24. The molecular formula is C34H36F4O6. The summed E-state index contributed by atoms with van der Waals surface area (Å²) in [7, 11) is 1.32. The van der Waals surface area contributed by atoms with Crippen molar-refractivity contribution in [3.05, 3.63) is 75.6 Å². The zero-order chi connectivity index (χ0) is 32.0. The average molecular weight is 617 g/mol. The van der Waals surface area contributed by atoms with Gasteiger partial charge in [0.05, 0.1) is 37.9 Å². The maximum atomic E-state index is 15.7. The molecule has 2 atom stereocenters. The van der Waals surface area contributed by atoms with E-state index >= 15 is 4.39 Å². The van der Waals surface area contributed by atoms with Crippen LogP contribution >= 0.6 is 0 Å². The molecule has 0 saturated carbocycles. The van der Waals surface area contributed by atoms with Crippen molar-refractivity contribution in [2.24, 2.45) is 0 Å². The van der Waals surface area contributed by atoms with Crippen LogP contribution in [0.4, 0.5) is 17.6 Å². The van der Waals surface area contributed by atoms with E-state index in [9.17, 15) is 23.1 Å². The topological polar surface area (TPSA) is 74.2 Å². The standard InChI is InChI=1S/C34H36F4O6/c1-18-12-22(42-11-10-33(3,4)40)13-19(2)30(18)25-16-26(34(36,37)38)32(35)31-24(25)8-9-27(31)44-21-6-7-23-20(14-29(39)41-5)17-43-28(23)15-21/h6-7,12-13,15-16,20,27,40H,8-11,14,17H2,1-5H3/t20-,27-/m1/s1. The Morgan fingerprint density at radius 3 is 2.41 bits per heavy atom. The van der Waals surface area contributed by atoms with Crippen molar-refractivity contribution in [2.75, 3.05) is 20.3 Å². The lowest BCUT2D eigenvalue weighted by atomic mass is 9.88. The van der Waals surface area contributed by atoms with Crippen LogP contribution in [0.5, 0.6) is 17.2 Å². The monoisotopic (exact) mass is 616 g/mol. The van der Waals surface area contributed by atoms with E-state index in [1.807, 2.05) is 0 Å². The van der Waals surface area contributed by atoms with E-state index in [0.29, 0.717) is 64.3 Å². The molecule has 1 aliphatic heterocycles. The number of carbonyl (C=O) groups excluding carboxylic acids is 1. The fourth-order valence-electron chi connectivity index (χ4n) is 6.09. The van der Waals surface area contributed by atoms with Gasteiger partial charge in [-0.25, -0.2) is 4.39 Å². The van der Waals surface area contributed by atoms with E-state index in [2.05, 4.69) is 0 Å². The maximum Gasteiger partial charge on any atom is 0.419 e. The third kappa shape index (κ3) is 6.50. The number of hydrogen-bond acceptors (Lipinski definition) is 6. The molecule has 0 spiro atoms. The van der Waals surface area contributed by atoms with Crippen LogP contribution in [0.15, 0.2) is 36.4 Å². The summed E-state index contributed by atoms with van der Waals surface area (Å²) in [6.07, 6.45) is -4.68. The Balaban J connectivity index is 1.49. The highest BCUT2D eigenvalue weighted by Gasteiger charge is 2.41. The highest BCUT2D eigenvalue weighted by atomic mass is 19.4. The van der Waals surface area contributed by atoms with Crippen LogP contribution in [0.1, 0.15) is 78.5 Å². The number of benzene rings is 3. The number of halogens is 4. The van der Waals surface area contributed by atoms with E-state index in [4.69, 9.17) is 18.9 Å². The van der Waals surface area contributed by atoms with Gasteiger partial charge in [0.1, 0.15) is 29.2 Å². The molecule has 2 aliphatic rings. The van der Waals surface area contributed by atoms with Crippen LogP contribution in [0.2, 0.25) is 0 Å². The first-order chi connectivity index (χ1) is 20.7. The van der Waals surface area contributed by atoms with Crippen LogP contribution in [0.3, 0.4) is 0 Å². The van der Waals surface area contributed by atoms with Crippen LogP contribution in [-0.2, 0) is 22.1 Å². The van der Waals surface area contributed by atoms with Gasteiger partial charge in [0, 0.05) is 29.5 Å². The predicted molar refractivity (Wildman–Crippen MR) is 156 cm³/mol. The molecular weight excluding hydrogens is 580 g/mol. The number of aryl methyl sites for hydroxylation is 2. The van der Waals surface area contributed by atoms with E-state index in [0.717, 1.165) is 11.6 Å². The molecule has 3 aromatic rings. The van der Waals surface area contributed by atoms with Crippen molar-refractivity contribution in [3.63, 3.8) is 0 Å². The van der Waals surface area contributed by atoms with Gasteiger partial charge in [-0.15, -0.1) is 0 Å². The average Bonchev–Trinajstić information content (AvgIpc) is 3.52. The normalized spacial score (nSPS) is 17.6. The number of esters is 1. The SMILES string of the molecule is COC(=O)C[C@@H]1COc2cc(O[C@@H]3CCc4c(-c5c(C)cc(OCCC(C)(C)O)cc5C)cc(C(F)(F)F)c(F)c43)ccc21. The summed E-state index contributed by atoms with van der Waals surface area (Å²) in [6, 6.07) is 9.45. The second-order valence-electron chi connectivity index (χ2n) is 12.2. The molecule has 1 aliphatic carbocycles. The number of rotatable bonds is 9. The molecule has 0 amide bonds. The van der Waals surface area contributed by atoms with E-state index in [1.165, 1.54) is 7.11 Å². The summed E-state index contributed by atoms with van der Waals surface area (Å²) in [5.74, 6) is -0.486. The minimum Gasteiger partial charge on any atom is -0.493 e. The van der Waals surface area contributed by atoms with Crippen LogP contribution < -0.4 is 14.2 Å². The van der Waals surface area contributed by atoms with Crippen molar-refractivity contribution in [3.8, 4) is 28.4 Å². The number of aliphatic hydroxyl groups is 1. The van der Waals surface area contributed by atoms with Crippen molar-refractivity contribution in [2.45, 2.75) is 77.2 Å². The lowest BCUT2D eigenvalue weighted by molar-refractivity contribution is -0.141. The molecule has 10 heteroatoms. The number of alkyl halides is 3. The van der Waals surface area contributed by atoms with Gasteiger partial charge < -0.3 is 24.1 Å². The number of methoxy groups -OCH3 is 1. The van der Waals surface area contributed by atoms with Crippen LogP contribution in [-0.4, -0.2) is 37.0 Å².